The molecule has 0 unspecified atom stereocenters. The lowest BCUT2D eigenvalue weighted by atomic mass is 9.85. The first-order valence-corrected chi connectivity index (χ1v) is 7.94. The number of rotatable bonds is 2. The maximum absolute atomic E-state index is 12.4. The monoisotopic (exact) mass is 334 g/mol. The van der Waals surface area contributed by atoms with Crippen LogP contribution in [0.1, 0.15) is 55.3 Å². The van der Waals surface area contributed by atoms with Gasteiger partial charge in [0.2, 0.25) is 0 Å². The van der Waals surface area contributed by atoms with Crippen LogP contribution in [0.25, 0.3) is 0 Å². The van der Waals surface area contributed by atoms with Crippen molar-refractivity contribution in [1.82, 2.24) is 5.32 Å². The summed E-state index contributed by atoms with van der Waals surface area (Å²) in [7, 11) is 0. The third-order valence-corrected chi connectivity index (χ3v) is 4.58. The summed E-state index contributed by atoms with van der Waals surface area (Å²) in [5, 5.41) is 12.5. The second-order valence-corrected chi connectivity index (χ2v) is 6.25. The number of nitriles is 1. The fourth-order valence-corrected chi connectivity index (χ4v) is 3.17. The minimum absolute atomic E-state index is 0.167. The number of carbonyl (C=O) groups excluding carboxylic acids is 1. The molecule has 1 aliphatic rings. The van der Waals surface area contributed by atoms with Crippen LogP contribution in [0.3, 0.4) is 0 Å². The number of benzene rings is 1. The molecule has 3 nitrogen and oxygen atoms in total. The summed E-state index contributed by atoms with van der Waals surface area (Å²) in [5.74, 6) is -0.167. The Morgan fingerprint density at radius 1 is 1.15 bits per heavy atom. The molecule has 1 aliphatic carbocycles. The van der Waals surface area contributed by atoms with E-state index in [0.717, 1.165) is 43.0 Å². The van der Waals surface area contributed by atoms with Crippen LogP contribution >= 0.6 is 15.9 Å². The molecule has 1 fully saturated rings. The third kappa shape index (κ3) is 3.61. The molecular formula is C16H19BrN2O. The van der Waals surface area contributed by atoms with Gasteiger partial charge in [-0.25, -0.2) is 0 Å². The van der Waals surface area contributed by atoms with Crippen molar-refractivity contribution in [3.63, 3.8) is 0 Å². The fourth-order valence-electron chi connectivity index (χ4n) is 2.70. The molecule has 0 atom stereocenters. The van der Waals surface area contributed by atoms with Crippen molar-refractivity contribution in [2.45, 2.75) is 50.5 Å². The van der Waals surface area contributed by atoms with Gasteiger partial charge in [-0.3, -0.25) is 4.79 Å². The summed E-state index contributed by atoms with van der Waals surface area (Å²) in [6.45, 7) is 0. The maximum Gasteiger partial charge on any atom is 0.253 e. The number of nitrogens with zero attached hydrogens (tertiary/aromatic N) is 1. The van der Waals surface area contributed by atoms with E-state index in [0.29, 0.717) is 5.56 Å². The maximum atomic E-state index is 12.4. The molecule has 1 aromatic rings. The molecule has 2 rings (SSSR count). The van der Waals surface area contributed by atoms with Gasteiger partial charge in [0.05, 0.1) is 11.6 Å². The summed E-state index contributed by atoms with van der Waals surface area (Å²) in [6, 6.07) is 9.67. The van der Waals surface area contributed by atoms with E-state index in [4.69, 9.17) is 0 Å². The molecule has 0 aromatic heterocycles. The lowest BCUT2D eigenvalue weighted by Crippen LogP contribution is -2.47. The zero-order valence-electron chi connectivity index (χ0n) is 11.5. The first-order valence-electron chi connectivity index (χ1n) is 7.15. The van der Waals surface area contributed by atoms with E-state index in [1.54, 1.807) is 6.07 Å². The highest BCUT2D eigenvalue weighted by atomic mass is 79.9. The zero-order valence-corrected chi connectivity index (χ0v) is 13.1. The first-order chi connectivity index (χ1) is 9.67. The van der Waals surface area contributed by atoms with Gasteiger partial charge in [0.25, 0.3) is 5.91 Å². The van der Waals surface area contributed by atoms with Crippen LogP contribution in [-0.2, 0) is 0 Å². The average Bonchev–Trinajstić information content (AvgIpc) is 2.42. The molecule has 0 spiro atoms. The summed E-state index contributed by atoms with van der Waals surface area (Å²) < 4.78 is 0.761. The Morgan fingerprint density at radius 2 is 1.75 bits per heavy atom. The molecule has 4 heteroatoms. The molecule has 0 aliphatic heterocycles. The van der Waals surface area contributed by atoms with Gasteiger partial charge in [-0.15, -0.1) is 0 Å². The Kier molecular flexibility index (Phi) is 5.19. The molecule has 106 valence electrons. The molecule has 1 N–H and O–H groups in total. The summed E-state index contributed by atoms with van der Waals surface area (Å²) >= 11 is 3.39. The van der Waals surface area contributed by atoms with E-state index in [1.807, 2.05) is 18.2 Å². The van der Waals surface area contributed by atoms with Gasteiger partial charge < -0.3 is 5.32 Å². The highest BCUT2D eigenvalue weighted by molar-refractivity contribution is 9.10. The smallest absolute Gasteiger partial charge is 0.253 e. The fraction of sp³-hybridized carbons (Fsp3) is 0.500. The van der Waals surface area contributed by atoms with Crippen molar-refractivity contribution < 1.29 is 4.79 Å². The Balaban J connectivity index is 2.14. The Morgan fingerprint density at radius 3 is 2.35 bits per heavy atom. The largest absolute Gasteiger partial charge is 0.334 e. The molecule has 0 radical (unpaired) electrons. The molecule has 0 bridgehead atoms. The number of hydrogen-bond donors (Lipinski definition) is 1. The molecule has 0 heterocycles. The van der Waals surface area contributed by atoms with E-state index in [9.17, 15) is 10.1 Å². The van der Waals surface area contributed by atoms with Crippen LogP contribution in [0.4, 0.5) is 0 Å². The highest BCUT2D eigenvalue weighted by Crippen LogP contribution is 2.27. The first kappa shape index (κ1) is 15.1. The quantitative estimate of drug-likeness (QED) is 0.881. The van der Waals surface area contributed by atoms with E-state index in [2.05, 4.69) is 27.3 Å². The van der Waals surface area contributed by atoms with Crippen LogP contribution in [0, 0.1) is 11.3 Å². The van der Waals surface area contributed by atoms with Crippen molar-refractivity contribution in [1.29, 1.82) is 5.26 Å². The Labute approximate surface area is 128 Å². The summed E-state index contributed by atoms with van der Waals surface area (Å²) in [6.07, 6.45) is 7.04. The van der Waals surface area contributed by atoms with Crippen molar-refractivity contribution in [3.8, 4) is 6.07 Å². The van der Waals surface area contributed by atoms with Crippen molar-refractivity contribution in [3.05, 3.63) is 34.3 Å². The topological polar surface area (TPSA) is 52.9 Å². The molecule has 1 aromatic carbocycles. The SMILES string of the molecule is N#CC1(NC(=O)c2ccccc2Br)CCCCCCC1. The number of carbonyl (C=O) groups is 1. The Hall–Kier alpha value is -1.34. The van der Waals surface area contributed by atoms with Gasteiger partial charge >= 0.3 is 0 Å². The van der Waals surface area contributed by atoms with Gasteiger partial charge in [-0.2, -0.15) is 5.26 Å². The predicted octanol–water partition coefficient (Wildman–Crippen LogP) is 4.19. The van der Waals surface area contributed by atoms with Gasteiger partial charge in [-0.1, -0.05) is 44.2 Å². The minimum atomic E-state index is -0.702. The minimum Gasteiger partial charge on any atom is -0.334 e. The number of hydrogen-bond acceptors (Lipinski definition) is 2. The number of nitrogens with one attached hydrogen (secondary N) is 1. The van der Waals surface area contributed by atoms with Crippen LogP contribution in [0.15, 0.2) is 28.7 Å². The molecule has 1 saturated carbocycles. The van der Waals surface area contributed by atoms with Crippen LogP contribution in [-0.4, -0.2) is 11.4 Å². The second-order valence-electron chi connectivity index (χ2n) is 5.40. The normalized spacial score (nSPS) is 18.4. The lowest BCUT2D eigenvalue weighted by molar-refractivity contribution is 0.0907. The zero-order chi connectivity index (χ0) is 14.4. The summed E-state index contributed by atoms with van der Waals surface area (Å²) in [4.78, 5) is 12.4. The standard InChI is InChI=1S/C16H19BrN2O/c17-14-9-5-4-8-13(14)15(20)19-16(12-18)10-6-2-1-3-7-11-16/h4-5,8-9H,1-3,6-7,10-11H2,(H,19,20). The predicted molar refractivity (Wildman–Crippen MR) is 82.3 cm³/mol. The van der Waals surface area contributed by atoms with E-state index in [1.165, 1.54) is 6.42 Å². The molecule has 0 saturated heterocycles. The highest BCUT2D eigenvalue weighted by Gasteiger charge is 2.32. The van der Waals surface area contributed by atoms with Crippen molar-refractivity contribution in [2.24, 2.45) is 0 Å². The van der Waals surface area contributed by atoms with Crippen molar-refractivity contribution in [2.75, 3.05) is 0 Å². The van der Waals surface area contributed by atoms with Gasteiger partial charge in [0.1, 0.15) is 5.54 Å². The van der Waals surface area contributed by atoms with E-state index in [-0.39, 0.29) is 5.91 Å². The van der Waals surface area contributed by atoms with E-state index >= 15 is 0 Å². The van der Waals surface area contributed by atoms with E-state index < -0.39 is 5.54 Å². The number of amides is 1. The molecule has 20 heavy (non-hydrogen) atoms. The van der Waals surface area contributed by atoms with Gasteiger partial charge in [-0.05, 0) is 40.9 Å². The van der Waals surface area contributed by atoms with Crippen LogP contribution in [0.2, 0.25) is 0 Å². The van der Waals surface area contributed by atoms with Crippen LogP contribution < -0.4 is 5.32 Å². The molecular weight excluding hydrogens is 316 g/mol. The second kappa shape index (κ2) is 6.90. The third-order valence-electron chi connectivity index (χ3n) is 3.89. The Bertz CT molecular complexity index is 513. The van der Waals surface area contributed by atoms with Crippen molar-refractivity contribution >= 4 is 21.8 Å². The number of halogens is 1. The lowest BCUT2D eigenvalue weighted by Gasteiger charge is -2.29. The van der Waals surface area contributed by atoms with Gasteiger partial charge in [0.15, 0.2) is 0 Å². The average molecular weight is 335 g/mol. The molecule has 1 amide bonds. The summed E-state index contributed by atoms with van der Waals surface area (Å²) in [5.41, 5.74) is -0.114. The van der Waals surface area contributed by atoms with Crippen LogP contribution in [0.5, 0.6) is 0 Å². The van der Waals surface area contributed by atoms with Gasteiger partial charge in [0, 0.05) is 4.47 Å².